The summed E-state index contributed by atoms with van der Waals surface area (Å²) in [5, 5.41) is 8.10. The Morgan fingerprint density at radius 1 is 1.44 bits per heavy atom. The molecule has 0 aliphatic carbocycles. The Morgan fingerprint density at radius 3 is 3.06 bits per heavy atom. The number of carbonyl (C=O) groups is 1. The summed E-state index contributed by atoms with van der Waals surface area (Å²) in [7, 11) is 0. The smallest absolute Gasteiger partial charge is 0.404 e. The molecule has 0 unspecified atom stereocenters. The average Bonchev–Trinajstić information content (AvgIpc) is 2.84. The number of pyridine rings is 1. The van der Waals surface area contributed by atoms with E-state index in [1.54, 1.807) is 18.3 Å². The van der Waals surface area contributed by atoms with Crippen molar-refractivity contribution in [2.75, 3.05) is 12.4 Å². The van der Waals surface area contributed by atoms with Gasteiger partial charge in [0.2, 0.25) is 0 Å². The van der Waals surface area contributed by atoms with Gasteiger partial charge in [-0.05, 0) is 12.1 Å². The average molecular weight is 266 g/mol. The third kappa shape index (κ3) is 3.45. The van der Waals surface area contributed by atoms with Crippen LogP contribution in [0.25, 0.3) is 11.6 Å². The number of ether oxygens (including phenoxy) is 1. The summed E-state index contributed by atoms with van der Waals surface area (Å²) in [6.45, 7) is 0.196. The van der Waals surface area contributed by atoms with Crippen molar-refractivity contribution in [3.05, 3.63) is 24.4 Å². The summed E-state index contributed by atoms with van der Waals surface area (Å²) in [5.74, 6) is 0.848. The Hall–Kier alpha value is -2.09. The first-order chi connectivity index (χ1) is 8.75. The lowest BCUT2D eigenvalue weighted by molar-refractivity contribution is 0.164. The molecule has 0 fully saturated rings. The van der Waals surface area contributed by atoms with E-state index in [0.717, 1.165) is 0 Å². The largest absolute Gasteiger partial charge is 0.449 e. The molecule has 2 rings (SSSR count). The number of thioether (sulfide) groups is 1. The summed E-state index contributed by atoms with van der Waals surface area (Å²) in [4.78, 5) is 14.4. The fourth-order valence-corrected chi connectivity index (χ4v) is 1.71. The van der Waals surface area contributed by atoms with Gasteiger partial charge in [-0.2, -0.15) is 0 Å². The number of hydrogen-bond acceptors (Lipinski definition) is 7. The van der Waals surface area contributed by atoms with Crippen LogP contribution in [0.15, 0.2) is 34.0 Å². The highest BCUT2D eigenvalue weighted by atomic mass is 32.2. The minimum Gasteiger partial charge on any atom is -0.449 e. The third-order valence-corrected chi connectivity index (χ3v) is 2.63. The molecule has 8 heteroatoms. The minimum atomic E-state index is -0.796. The summed E-state index contributed by atoms with van der Waals surface area (Å²) >= 11 is 1.28. The van der Waals surface area contributed by atoms with E-state index in [1.807, 2.05) is 6.07 Å². The lowest BCUT2D eigenvalue weighted by Crippen LogP contribution is -2.14. The number of nitrogens with zero attached hydrogens (tertiary/aromatic N) is 3. The van der Waals surface area contributed by atoms with Crippen LogP contribution in [0.4, 0.5) is 4.79 Å². The Kier molecular flexibility index (Phi) is 4.13. The number of rotatable bonds is 5. The Morgan fingerprint density at radius 2 is 2.33 bits per heavy atom. The Bertz CT molecular complexity index is 517. The van der Waals surface area contributed by atoms with Crippen molar-refractivity contribution in [3.8, 4) is 11.6 Å². The zero-order valence-corrected chi connectivity index (χ0v) is 10.1. The van der Waals surface area contributed by atoms with E-state index < -0.39 is 6.09 Å². The van der Waals surface area contributed by atoms with Crippen molar-refractivity contribution in [1.82, 2.24) is 15.2 Å². The molecular weight excluding hydrogens is 256 g/mol. The normalized spacial score (nSPS) is 10.2. The molecular formula is C10H10N4O3S. The van der Waals surface area contributed by atoms with Gasteiger partial charge < -0.3 is 14.9 Å². The van der Waals surface area contributed by atoms with Gasteiger partial charge in [-0.25, -0.2) is 4.79 Å². The first-order valence-corrected chi connectivity index (χ1v) is 6.04. The molecule has 0 aliphatic rings. The van der Waals surface area contributed by atoms with Crippen LogP contribution < -0.4 is 5.73 Å². The minimum absolute atomic E-state index is 0.196. The van der Waals surface area contributed by atoms with Crippen molar-refractivity contribution in [3.63, 3.8) is 0 Å². The van der Waals surface area contributed by atoms with Crippen molar-refractivity contribution in [1.29, 1.82) is 0 Å². The second-order valence-corrected chi connectivity index (χ2v) is 4.15. The topological polar surface area (TPSA) is 104 Å². The zero-order valence-electron chi connectivity index (χ0n) is 9.28. The number of hydrogen-bond donors (Lipinski definition) is 1. The van der Waals surface area contributed by atoms with Crippen molar-refractivity contribution in [2.45, 2.75) is 5.22 Å². The lowest BCUT2D eigenvalue weighted by Gasteiger charge is -1.97. The summed E-state index contributed by atoms with van der Waals surface area (Å²) in [6, 6.07) is 5.41. The molecule has 0 bridgehead atoms. The highest BCUT2D eigenvalue weighted by Gasteiger charge is 2.09. The van der Waals surface area contributed by atoms with Gasteiger partial charge in [-0.1, -0.05) is 17.8 Å². The predicted molar refractivity (Wildman–Crippen MR) is 63.8 cm³/mol. The molecule has 0 atom stereocenters. The first-order valence-electron chi connectivity index (χ1n) is 5.05. The molecule has 94 valence electrons. The van der Waals surface area contributed by atoms with Crippen molar-refractivity contribution < 1.29 is 13.9 Å². The molecule has 2 aromatic rings. The number of amides is 1. The van der Waals surface area contributed by atoms with Gasteiger partial charge >= 0.3 is 6.09 Å². The molecule has 0 saturated heterocycles. The van der Waals surface area contributed by atoms with Gasteiger partial charge in [0.15, 0.2) is 0 Å². The molecule has 0 radical (unpaired) electrons. The molecule has 7 nitrogen and oxygen atoms in total. The summed E-state index contributed by atoms with van der Waals surface area (Å²) in [6.07, 6.45) is 0.850. The molecule has 0 spiro atoms. The summed E-state index contributed by atoms with van der Waals surface area (Å²) in [5.41, 5.74) is 5.44. The molecule has 0 saturated carbocycles. The number of primary amides is 1. The van der Waals surface area contributed by atoms with E-state index in [-0.39, 0.29) is 6.61 Å². The van der Waals surface area contributed by atoms with E-state index in [4.69, 9.17) is 10.2 Å². The number of nitrogens with two attached hydrogens (primary N) is 1. The Labute approximate surface area is 107 Å². The van der Waals surface area contributed by atoms with Gasteiger partial charge in [0.05, 0.1) is 0 Å². The van der Waals surface area contributed by atoms with Crippen LogP contribution in [-0.4, -0.2) is 33.6 Å². The maximum atomic E-state index is 10.3. The lowest BCUT2D eigenvalue weighted by atomic mass is 10.3. The highest BCUT2D eigenvalue weighted by Crippen LogP contribution is 2.21. The predicted octanol–water partition coefficient (Wildman–Crippen LogP) is 1.32. The fourth-order valence-electron chi connectivity index (χ4n) is 1.13. The van der Waals surface area contributed by atoms with Crippen molar-refractivity contribution in [2.24, 2.45) is 5.73 Å². The monoisotopic (exact) mass is 266 g/mol. The first kappa shape index (κ1) is 12.4. The van der Waals surface area contributed by atoms with Crippen LogP contribution in [0.5, 0.6) is 0 Å². The maximum absolute atomic E-state index is 10.3. The number of carbonyl (C=O) groups excluding carboxylic acids is 1. The summed E-state index contributed by atoms with van der Waals surface area (Å²) < 4.78 is 9.95. The van der Waals surface area contributed by atoms with Crippen LogP contribution in [-0.2, 0) is 4.74 Å². The molecule has 2 N–H and O–H groups in total. The SMILES string of the molecule is NC(=O)OCCSc1nnc(-c2ccccn2)o1. The van der Waals surface area contributed by atoms with Gasteiger partial charge in [0.25, 0.3) is 11.1 Å². The maximum Gasteiger partial charge on any atom is 0.404 e. The quantitative estimate of drug-likeness (QED) is 0.642. The molecule has 18 heavy (non-hydrogen) atoms. The van der Waals surface area contributed by atoms with Crippen molar-refractivity contribution >= 4 is 17.9 Å². The molecule has 0 aliphatic heterocycles. The van der Waals surface area contributed by atoms with E-state index in [9.17, 15) is 4.79 Å². The van der Waals surface area contributed by atoms with E-state index >= 15 is 0 Å². The fraction of sp³-hybridized carbons (Fsp3) is 0.200. The highest BCUT2D eigenvalue weighted by molar-refractivity contribution is 7.99. The molecule has 0 aromatic carbocycles. The van der Waals surface area contributed by atoms with Crippen LogP contribution >= 0.6 is 11.8 Å². The number of aromatic nitrogens is 3. The van der Waals surface area contributed by atoms with Crippen LogP contribution in [0.1, 0.15) is 0 Å². The van der Waals surface area contributed by atoms with E-state index in [1.165, 1.54) is 11.8 Å². The van der Waals surface area contributed by atoms with E-state index in [0.29, 0.717) is 22.6 Å². The third-order valence-electron chi connectivity index (χ3n) is 1.84. The van der Waals surface area contributed by atoms with Crippen LogP contribution in [0.2, 0.25) is 0 Å². The molecule has 2 heterocycles. The zero-order chi connectivity index (χ0) is 12.8. The second kappa shape index (κ2) is 6.01. The standard InChI is InChI=1S/C10H10N4O3S/c11-9(15)16-5-6-18-10-14-13-8(17-10)7-3-1-2-4-12-7/h1-4H,5-6H2,(H2,11,15). The van der Waals surface area contributed by atoms with E-state index in [2.05, 4.69) is 19.9 Å². The van der Waals surface area contributed by atoms with Crippen LogP contribution in [0, 0.1) is 0 Å². The molecule has 1 amide bonds. The van der Waals surface area contributed by atoms with Gasteiger partial charge in [-0.15, -0.1) is 10.2 Å². The van der Waals surface area contributed by atoms with Gasteiger partial charge in [-0.3, -0.25) is 4.98 Å². The molecule has 2 aromatic heterocycles. The van der Waals surface area contributed by atoms with Gasteiger partial charge in [0, 0.05) is 11.9 Å². The second-order valence-electron chi connectivity index (χ2n) is 3.10. The Balaban J connectivity index is 1.89. The van der Waals surface area contributed by atoms with Gasteiger partial charge in [0.1, 0.15) is 12.3 Å². The van der Waals surface area contributed by atoms with Crippen LogP contribution in [0.3, 0.4) is 0 Å².